The minimum absolute atomic E-state index is 0. The predicted octanol–water partition coefficient (Wildman–Crippen LogP) is -3.42. The van der Waals surface area contributed by atoms with E-state index in [1.807, 2.05) is 0 Å². The van der Waals surface area contributed by atoms with E-state index in [2.05, 4.69) is 0 Å². The molecular formula is C21H16Na2O12S4+2. The molecule has 12 nitrogen and oxygen atoms in total. The van der Waals surface area contributed by atoms with Crippen LogP contribution in [0.3, 0.4) is 0 Å². The summed E-state index contributed by atoms with van der Waals surface area (Å²) in [5, 5.41) is -0.453. The van der Waals surface area contributed by atoms with Gasteiger partial charge in [0, 0.05) is 17.2 Å². The number of rotatable bonds is 6. The molecule has 0 radical (unpaired) electrons. The van der Waals surface area contributed by atoms with Gasteiger partial charge < -0.3 is 0 Å². The van der Waals surface area contributed by atoms with E-state index in [0.29, 0.717) is 0 Å². The van der Waals surface area contributed by atoms with Crippen LogP contribution in [0.2, 0.25) is 0 Å². The van der Waals surface area contributed by atoms with E-state index in [0.717, 1.165) is 24.3 Å². The van der Waals surface area contributed by atoms with Gasteiger partial charge in [-0.2, -0.15) is 33.7 Å². The van der Waals surface area contributed by atoms with Gasteiger partial charge in [0.05, 0.1) is 0 Å². The van der Waals surface area contributed by atoms with Crippen LogP contribution in [0.5, 0.6) is 0 Å². The van der Waals surface area contributed by atoms with E-state index in [9.17, 15) is 51.9 Å². The summed E-state index contributed by atoms with van der Waals surface area (Å²) < 4.78 is 138. The van der Waals surface area contributed by atoms with E-state index in [1.54, 1.807) is 0 Å². The van der Waals surface area contributed by atoms with Crippen molar-refractivity contribution in [1.82, 2.24) is 0 Å². The van der Waals surface area contributed by atoms with E-state index in [4.69, 9.17) is 0 Å². The Bertz CT molecular complexity index is 1910. The summed E-state index contributed by atoms with van der Waals surface area (Å²) in [6.45, 7) is 0. The number of hydrogen-bond acceptors (Lipinski definition) is 8. The normalized spacial score (nSPS) is 12.6. The van der Waals surface area contributed by atoms with Gasteiger partial charge in [-0.1, -0.05) is 48.5 Å². The summed E-state index contributed by atoms with van der Waals surface area (Å²) >= 11 is 0. The molecule has 0 aromatic heterocycles. The first kappa shape index (κ1) is 34.2. The largest absolute Gasteiger partial charge is 1.00 e. The number of benzene rings is 4. The number of fused-ring (bicyclic) bond motifs is 2. The van der Waals surface area contributed by atoms with Crippen LogP contribution >= 0.6 is 0 Å². The molecule has 18 heteroatoms. The van der Waals surface area contributed by atoms with Gasteiger partial charge in [-0.15, -0.1) is 0 Å². The molecule has 0 aliphatic rings. The van der Waals surface area contributed by atoms with Crippen molar-refractivity contribution in [2.45, 2.75) is 26.0 Å². The van der Waals surface area contributed by atoms with Crippen LogP contribution in [0.25, 0.3) is 21.5 Å². The summed E-state index contributed by atoms with van der Waals surface area (Å²) in [7, 11) is -21.4. The maximum absolute atomic E-state index is 12.4. The molecule has 4 rings (SSSR count). The molecule has 0 fully saturated rings. The average Bonchev–Trinajstić information content (AvgIpc) is 2.74. The third-order valence-corrected chi connectivity index (χ3v) is 9.58. The van der Waals surface area contributed by atoms with Crippen molar-refractivity contribution in [2.24, 2.45) is 0 Å². The fraction of sp³-hybridized carbons (Fsp3) is 0.0476. The fourth-order valence-electron chi connectivity index (χ4n) is 4.25. The molecule has 0 unspecified atom stereocenters. The zero-order chi connectivity index (χ0) is 27.6. The first-order chi connectivity index (χ1) is 16.9. The summed E-state index contributed by atoms with van der Waals surface area (Å²) in [5.41, 5.74) is -1.12. The molecule has 0 spiro atoms. The molecule has 4 N–H and O–H groups in total. The second-order valence-electron chi connectivity index (χ2n) is 7.91. The van der Waals surface area contributed by atoms with Crippen molar-refractivity contribution in [3.05, 3.63) is 71.8 Å². The zero-order valence-electron chi connectivity index (χ0n) is 20.2. The van der Waals surface area contributed by atoms with Crippen molar-refractivity contribution in [2.75, 3.05) is 0 Å². The van der Waals surface area contributed by atoms with Crippen LogP contribution in [0.15, 0.2) is 80.2 Å². The molecule has 0 heterocycles. The molecule has 39 heavy (non-hydrogen) atoms. The minimum Gasteiger partial charge on any atom is -0.282 e. The Morgan fingerprint density at radius 2 is 0.744 bits per heavy atom. The first-order valence-corrected chi connectivity index (χ1v) is 15.7. The molecule has 4 aromatic rings. The third kappa shape index (κ3) is 6.92. The van der Waals surface area contributed by atoms with Gasteiger partial charge in [-0.25, -0.2) is 0 Å². The second kappa shape index (κ2) is 11.7. The molecule has 0 bridgehead atoms. The Morgan fingerprint density at radius 3 is 1.03 bits per heavy atom. The molecule has 0 saturated heterocycles. The van der Waals surface area contributed by atoms with E-state index < -0.39 is 77.6 Å². The van der Waals surface area contributed by atoms with Gasteiger partial charge in [-0.3, -0.25) is 18.2 Å². The Hall–Kier alpha value is -0.960. The summed E-state index contributed by atoms with van der Waals surface area (Å²) in [5.74, 6) is 0. The smallest absolute Gasteiger partial charge is 0.282 e. The Labute approximate surface area is 268 Å². The van der Waals surface area contributed by atoms with Gasteiger partial charge in [-0.05, 0) is 34.0 Å². The topological polar surface area (TPSA) is 217 Å². The second-order valence-corrected chi connectivity index (χ2v) is 13.3. The molecular weight excluding hydrogens is 618 g/mol. The van der Waals surface area contributed by atoms with Crippen molar-refractivity contribution < 1.29 is 111 Å². The van der Waals surface area contributed by atoms with E-state index >= 15 is 0 Å². The maximum Gasteiger partial charge on any atom is 1.00 e. The van der Waals surface area contributed by atoms with Crippen LogP contribution in [0.4, 0.5) is 0 Å². The van der Waals surface area contributed by atoms with Crippen molar-refractivity contribution in [1.29, 1.82) is 0 Å². The van der Waals surface area contributed by atoms with Crippen LogP contribution in [-0.2, 0) is 46.9 Å². The van der Waals surface area contributed by atoms with Gasteiger partial charge in [0.25, 0.3) is 40.5 Å². The molecule has 4 aromatic carbocycles. The molecule has 0 atom stereocenters. The summed E-state index contributed by atoms with van der Waals surface area (Å²) in [4.78, 5) is -4.94. The molecule has 0 saturated carbocycles. The summed E-state index contributed by atoms with van der Waals surface area (Å²) in [6.07, 6.45) is -0.884. The van der Waals surface area contributed by atoms with Crippen LogP contribution in [0.1, 0.15) is 11.1 Å². The monoisotopic (exact) mass is 634 g/mol. The first-order valence-electron chi connectivity index (χ1n) is 9.90. The van der Waals surface area contributed by atoms with Gasteiger partial charge in [0.15, 0.2) is 0 Å². The van der Waals surface area contributed by atoms with Crippen molar-refractivity contribution >= 4 is 62.0 Å². The van der Waals surface area contributed by atoms with Gasteiger partial charge in [0.2, 0.25) is 0 Å². The van der Waals surface area contributed by atoms with Crippen molar-refractivity contribution in [3.63, 3.8) is 0 Å². The molecule has 0 aliphatic carbocycles. The SMILES string of the molecule is O=S(=O)(O)c1c(Cc2cc3ccccc3c(S(=O)(=O)O)c2S(=O)(=O)O)cc2ccccc2c1S(=O)(=O)O.[Na+].[Na+]. The van der Waals surface area contributed by atoms with Crippen molar-refractivity contribution in [3.8, 4) is 0 Å². The quantitative estimate of drug-likeness (QED) is 0.120. The van der Waals surface area contributed by atoms with E-state index in [1.165, 1.54) is 36.4 Å². The van der Waals surface area contributed by atoms with Gasteiger partial charge >= 0.3 is 59.1 Å². The Morgan fingerprint density at radius 1 is 0.462 bits per heavy atom. The molecule has 196 valence electrons. The summed E-state index contributed by atoms with van der Waals surface area (Å²) in [6, 6.07) is 12.7. The van der Waals surface area contributed by atoms with Crippen LogP contribution < -0.4 is 59.1 Å². The third-order valence-electron chi connectivity index (χ3n) is 5.48. The molecule has 0 aliphatic heterocycles. The Kier molecular flexibility index (Phi) is 10.3. The maximum atomic E-state index is 12.4. The fourth-order valence-corrected chi connectivity index (χ4v) is 8.78. The minimum atomic E-state index is -5.41. The van der Waals surface area contributed by atoms with Gasteiger partial charge in [0.1, 0.15) is 19.6 Å². The number of hydrogen-bond donors (Lipinski definition) is 4. The van der Waals surface area contributed by atoms with Crippen LogP contribution in [-0.4, -0.2) is 51.9 Å². The average molecular weight is 635 g/mol. The van der Waals surface area contributed by atoms with Crippen LogP contribution in [0, 0.1) is 0 Å². The standard InChI is InChI=1S/C21H16O12S4.2Na/c22-34(23,24)18-14(9-12-5-1-3-7-16(12)20(18)36(28,29)30)11-15-10-13-6-2-4-8-17(13)21(37(31,32)33)19(15)35(25,26)27;;/h1-10H,11H2,(H,22,23,24)(H,25,26,27)(H,28,29,30)(H,31,32,33);;/q;2*+1. The molecule has 0 amide bonds. The Balaban J connectivity index is 0.00000267. The predicted molar refractivity (Wildman–Crippen MR) is 130 cm³/mol. The van der Waals surface area contributed by atoms with E-state index in [-0.39, 0.29) is 80.7 Å². The zero-order valence-corrected chi connectivity index (χ0v) is 27.4.